The van der Waals surface area contributed by atoms with E-state index in [4.69, 9.17) is 4.74 Å². The van der Waals surface area contributed by atoms with Crippen LogP contribution in [0.4, 0.5) is 42.5 Å². The van der Waals surface area contributed by atoms with Crippen LogP contribution in [0.2, 0.25) is 0 Å². The number of aliphatic hydroxyl groups is 1. The summed E-state index contributed by atoms with van der Waals surface area (Å²) in [6, 6.07) is 2.93. The number of benzene rings is 2. The van der Waals surface area contributed by atoms with E-state index in [1.165, 1.54) is 14.0 Å². The molecule has 1 fully saturated rings. The molecule has 190 valence electrons. The van der Waals surface area contributed by atoms with Gasteiger partial charge in [0.05, 0.1) is 11.7 Å². The van der Waals surface area contributed by atoms with Gasteiger partial charge >= 0.3 is 12.2 Å². The number of likely N-dealkylation sites (N-methyl/N-ethyl adjacent to an activating group) is 1. The minimum atomic E-state index is -4.89. The standard InChI is InChI=1S/C21H20F6N4O4/c1-9(32)18-29-31(20(34)30(18)3)15-8-16(35-10(2)21(25,26)27)11(7-14(15)24)19(33)28-17-12(22)5-4-6-13(17)23/h4-10,18,29,32H,1-3H3,(H,28,33)/t9?,10-,18?/m0/s1. The number of ether oxygens (including phenoxy) is 1. The number of alkyl halides is 3. The van der Waals surface area contributed by atoms with Crippen LogP contribution in [0.25, 0.3) is 0 Å². The highest BCUT2D eigenvalue weighted by molar-refractivity contribution is 6.07. The van der Waals surface area contributed by atoms with Crippen LogP contribution in [-0.4, -0.2) is 53.5 Å². The van der Waals surface area contributed by atoms with Gasteiger partial charge in [-0.15, -0.1) is 0 Å². The highest BCUT2D eigenvalue weighted by Crippen LogP contribution is 2.34. The van der Waals surface area contributed by atoms with Gasteiger partial charge in [-0.2, -0.15) is 13.2 Å². The van der Waals surface area contributed by atoms with E-state index in [2.05, 4.69) is 5.43 Å². The molecule has 1 aliphatic rings. The van der Waals surface area contributed by atoms with Crippen molar-refractivity contribution in [2.75, 3.05) is 17.4 Å². The number of amides is 3. The van der Waals surface area contributed by atoms with Crippen LogP contribution in [0.5, 0.6) is 5.75 Å². The number of nitrogens with zero attached hydrogens (tertiary/aromatic N) is 2. The van der Waals surface area contributed by atoms with Crippen molar-refractivity contribution >= 4 is 23.3 Å². The lowest BCUT2D eigenvalue weighted by Crippen LogP contribution is -2.44. The molecule has 0 spiro atoms. The van der Waals surface area contributed by atoms with Crippen LogP contribution < -0.4 is 20.5 Å². The van der Waals surface area contributed by atoms with Crippen LogP contribution in [0, 0.1) is 17.5 Å². The third kappa shape index (κ3) is 5.27. The van der Waals surface area contributed by atoms with E-state index in [-0.39, 0.29) is 0 Å². The number of hydrogen-bond donors (Lipinski definition) is 3. The average molecular weight is 506 g/mol. The normalized spacial score (nSPS) is 18.0. The zero-order valence-corrected chi connectivity index (χ0v) is 18.5. The van der Waals surface area contributed by atoms with E-state index in [0.29, 0.717) is 24.1 Å². The molecule has 2 unspecified atom stereocenters. The fourth-order valence-electron chi connectivity index (χ4n) is 3.20. The lowest BCUT2D eigenvalue weighted by Gasteiger charge is -2.23. The number of urea groups is 1. The summed E-state index contributed by atoms with van der Waals surface area (Å²) < 4.78 is 87.2. The van der Waals surface area contributed by atoms with Crippen molar-refractivity contribution in [1.82, 2.24) is 10.3 Å². The minimum absolute atomic E-state index is 0.465. The molecule has 1 saturated heterocycles. The van der Waals surface area contributed by atoms with E-state index in [1.54, 1.807) is 0 Å². The lowest BCUT2D eigenvalue weighted by molar-refractivity contribution is -0.189. The summed E-state index contributed by atoms with van der Waals surface area (Å²) in [7, 11) is 1.29. The zero-order chi connectivity index (χ0) is 26.2. The van der Waals surface area contributed by atoms with Crippen molar-refractivity contribution in [1.29, 1.82) is 0 Å². The molecule has 3 rings (SSSR count). The Bertz CT molecular complexity index is 1120. The van der Waals surface area contributed by atoms with Gasteiger partial charge in [-0.05, 0) is 32.0 Å². The monoisotopic (exact) mass is 506 g/mol. The Balaban J connectivity index is 2.06. The first-order valence-electron chi connectivity index (χ1n) is 10.1. The molecule has 35 heavy (non-hydrogen) atoms. The maximum atomic E-state index is 15.0. The smallest absolute Gasteiger partial charge is 0.425 e. The third-order valence-corrected chi connectivity index (χ3v) is 5.13. The van der Waals surface area contributed by atoms with Crippen molar-refractivity contribution in [3.8, 4) is 5.75 Å². The summed E-state index contributed by atoms with van der Waals surface area (Å²) in [5.74, 6) is -5.81. The fourth-order valence-corrected chi connectivity index (χ4v) is 3.20. The number of para-hydroxylation sites is 1. The molecule has 0 saturated carbocycles. The zero-order valence-electron chi connectivity index (χ0n) is 18.5. The summed E-state index contributed by atoms with van der Waals surface area (Å²) in [5, 5.41) is 12.3. The van der Waals surface area contributed by atoms with E-state index in [9.17, 15) is 36.6 Å². The van der Waals surface area contributed by atoms with Gasteiger partial charge in [0.15, 0.2) is 6.10 Å². The second kappa shape index (κ2) is 9.62. The first-order chi connectivity index (χ1) is 16.2. The third-order valence-electron chi connectivity index (χ3n) is 5.13. The first-order valence-corrected chi connectivity index (χ1v) is 10.1. The number of nitrogens with one attached hydrogen (secondary N) is 2. The predicted octanol–water partition coefficient (Wildman–Crippen LogP) is 3.77. The Labute approximate surface area is 195 Å². The van der Waals surface area contributed by atoms with Crippen LogP contribution >= 0.6 is 0 Å². The minimum Gasteiger partial charge on any atom is -0.480 e. The average Bonchev–Trinajstić information content (AvgIpc) is 3.05. The molecule has 2 aromatic carbocycles. The number of halogens is 6. The Hall–Kier alpha value is -3.52. The molecule has 0 aromatic heterocycles. The van der Waals surface area contributed by atoms with Crippen molar-refractivity contribution in [3.63, 3.8) is 0 Å². The molecule has 3 atom stereocenters. The number of aliphatic hydroxyl groups excluding tert-OH is 1. The van der Waals surface area contributed by atoms with Crippen molar-refractivity contribution < 1.29 is 45.8 Å². The Morgan fingerprint density at radius 2 is 1.74 bits per heavy atom. The van der Waals surface area contributed by atoms with Crippen LogP contribution in [0.1, 0.15) is 24.2 Å². The van der Waals surface area contributed by atoms with Gasteiger partial charge in [-0.1, -0.05) is 6.07 Å². The fraction of sp³-hybridized carbons (Fsp3) is 0.333. The largest absolute Gasteiger partial charge is 0.480 e. The number of hydrazine groups is 1. The topological polar surface area (TPSA) is 94.1 Å². The molecule has 0 bridgehead atoms. The van der Waals surface area contributed by atoms with Gasteiger partial charge in [0.2, 0.25) is 0 Å². The van der Waals surface area contributed by atoms with E-state index in [0.717, 1.165) is 23.1 Å². The van der Waals surface area contributed by atoms with Crippen molar-refractivity contribution in [3.05, 3.63) is 53.3 Å². The molecular weight excluding hydrogens is 486 g/mol. The highest BCUT2D eigenvalue weighted by Gasteiger charge is 2.41. The summed E-state index contributed by atoms with van der Waals surface area (Å²) in [6.45, 7) is 1.97. The van der Waals surface area contributed by atoms with Gasteiger partial charge < -0.3 is 20.1 Å². The molecule has 2 aromatic rings. The number of carbonyl (C=O) groups is 2. The van der Waals surface area contributed by atoms with Gasteiger partial charge in [0, 0.05) is 13.1 Å². The lowest BCUT2D eigenvalue weighted by atomic mass is 10.1. The van der Waals surface area contributed by atoms with Gasteiger partial charge in [0.25, 0.3) is 5.91 Å². The van der Waals surface area contributed by atoms with Crippen LogP contribution in [0.15, 0.2) is 30.3 Å². The maximum absolute atomic E-state index is 15.0. The molecule has 3 amide bonds. The maximum Gasteiger partial charge on any atom is 0.425 e. The molecule has 3 N–H and O–H groups in total. The molecular formula is C21H20F6N4O4. The van der Waals surface area contributed by atoms with Crippen molar-refractivity contribution in [2.24, 2.45) is 0 Å². The Kier molecular flexibility index (Phi) is 7.17. The molecule has 1 heterocycles. The summed E-state index contributed by atoms with van der Waals surface area (Å²) >= 11 is 0. The molecule has 14 heteroatoms. The van der Waals surface area contributed by atoms with E-state index < -0.39 is 76.6 Å². The molecule has 0 radical (unpaired) electrons. The SMILES string of the molecule is CC(O)C1NN(c2cc(O[C@@H](C)C(F)(F)F)c(C(=O)Nc3c(F)cccc3F)cc2F)C(=O)N1C. The first kappa shape index (κ1) is 26.1. The second-order valence-electron chi connectivity index (χ2n) is 7.70. The predicted molar refractivity (Wildman–Crippen MR) is 111 cm³/mol. The number of rotatable bonds is 6. The van der Waals surface area contributed by atoms with Gasteiger partial charge in [0.1, 0.15) is 40.7 Å². The number of hydrogen-bond acceptors (Lipinski definition) is 5. The molecule has 1 aliphatic heterocycles. The van der Waals surface area contributed by atoms with E-state index in [1.807, 2.05) is 5.32 Å². The highest BCUT2D eigenvalue weighted by atomic mass is 19.4. The van der Waals surface area contributed by atoms with Crippen LogP contribution in [-0.2, 0) is 0 Å². The summed E-state index contributed by atoms with van der Waals surface area (Å²) in [4.78, 5) is 26.3. The second-order valence-corrected chi connectivity index (χ2v) is 7.70. The Morgan fingerprint density at radius 3 is 2.26 bits per heavy atom. The molecule has 8 nitrogen and oxygen atoms in total. The Morgan fingerprint density at radius 1 is 1.14 bits per heavy atom. The van der Waals surface area contributed by atoms with Gasteiger partial charge in [-0.3, -0.25) is 4.79 Å². The van der Waals surface area contributed by atoms with Crippen molar-refractivity contribution in [2.45, 2.75) is 38.4 Å². The summed E-state index contributed by atoms with van der Waals surface area (Å²) in [6.07, 6.45) is -9.47. The summed E-state index contributed by atoms with van der Waals surface area (Å²) in [5.41, 5.74) is 0.151. The van der Waals surface area contributed by atoms with Gasteiger partial charge in [-0.25, -0.2) is 28.4 Å². The van der Waals surface area contributed by atoms with Crippen LogP contribution in [0.3, 0.4) is 0 Å². The quantitative estimate of drug-likeness (QED) is 0.519. The number of anilines is 2. The van der Waals surface area contributed by atoms with E-state index >= 15 is 4.39 Å². The number of carbonyl (C=O) groups excluding carboxylic acids is 2. The molecule has 0 aliphatic carbocycles.